The van der Waals surface area contributed by atoms with Gasteiger partial charge in [0.05, 0.1) is 18.9 Å². The monoisotopic (exact) mass is 498 g/mol. The van der Waals surface area contributed by atoms with E-state index in [1.807, 2.05) is 25.1 Å². The number of hydrogen-bond acceptors (Lipinski definition) is 6. The first-order chi connectivity index (χ1) is 13.5. The van der Waals surface area contributed by atoms with Gasteiger partial charge < -0.3 is 10.2 Å². The summed E-state index contributed by atoms with van der Waals surface area (Å²) < 4.78 is 2.16. The third-order valence-electron chi connectivity index (χ3n) is 4.89. The van der Waals surface area contributed by atoms with Gasteiger partial charge in [0.15, 0.2) is 5.13 Å². The Morgan fingerprint density at radius 2 is 2.00 bits per heavy atom. The smallest absolute Gasteiger partial charge is 0.261 e. The Kier molecular flexibility index (Phi) is 6.22. The first-order valence-electron chi connectivity index (χ1n) is 9.08. The summed E-state index contributed by atoms with van der Waals surface area (Å²) in [5, 5.41) is 4.84. The van der Waals surface area contributed by atoms with Crippen LogP contribution in [0.3, 0.4) is 0 Å². The largest absolute Gasteiger partial charge is 0.350 e. The van der Waals surface area contributed by atoms with E-state index in [1.54, 1.807) is 11.3 Å². The van der Waals surface area contributed by atoms with E-state index in [2.05, 4.69) is 37.1 Å². The third kappa shape index (κ3) is 4.36. The van der Waals surface area contributed by atoms with Gasteiger partial charge in [-0.2, -0.15) is 0 Å². The van der Waals surface area contributed by atoms with Crippen LogP contribution in [0.2, 0.25) is 5.02 Å². The fraction of sp³-hybridized carbons (Fsp3) is 0.368. The van der Waals surface area contributed by atoms with Gasteiger partial charge in [0, 0.05) is 44.3 Å². The highest BCUT2D eigenvalue weighted by Gasteiger charge is 2.20. The average molecular weight is 500 g/mol. The van der Waals surface area contributed by atoms with Gasteiger partial charge in [-0.25, -0.2) is 4.98 Å². The number of halogens is 2. The Labute approximate surface area is 185 Å². The molecular weight excluding hydrogens is 480 g/mol. The van der Waals surface area contributed by atoms with Crippen LogP contribution in [0.25, 0.3) is 10.2 Å². The molecule has 0 bridgehead atoms. The number of aromatic nitrogens is 1. The molecule has 1 saturated heterocycles. The fourth-order valence-corrected chi connectivity index (χ4v) is 5.77. The summed E-state index contributed by atoms with van der Waals surface area (Å²) in [6.45, 7) is 7.37. The van der Waals surface area contributed by atoms with Crippen molar-refractivity contribution in [3.8, 4) is 0 Å². The molecule has 0 atom stereocenters. The van der Waals surface area contributed by atoms with Crippen molar-refractivity contribution >= 4 is 71.5 Å². The molecule has 3 heterocycles. The van der Waals surface area contributed by atoms with Crippen LogP contribution in [-0.2, 0) is 0 Å². The molecule has 2 aromatic heterocycles. The molecule has 3 aromatic rings. The Morgan fingerprint density at radius 3 is 2.71 bits per heavy atom. The number of anilines is 1. The van der Waals surface area contributed by atoms with Gasteiger partial charge in [0.2, 0.25) is 0 Å². The standard InChI is InChI=1S/C19H20BrClN4OS2/c1-12-13(21)2-3-14-17(12)23-19(28-14)25-10-8-24(9-11-25)7-6-22-18(26)15-4-5-16(20)27-15/h2-5H,6-11H2,1H3,(H,22,26). The summed E-state index contributed by atoms with van der Waals surface area (Å²) in [5.74, 6) is -0.00200. The highest BCUT2D eigenvalue weighted by Crippen LogP contribution is 2.33. The lowest BCUT2D eigenvalue weighted by Gasteiger charge is -2.34. The number of carbonyl (C=O) groups excluding carboxylic acids is 1. The molecule has 0 radical (unpaired) electrons. The molecule has 1 aliphatic rings. The zero-order valence-corrected chi connectivity index (χ0v) is 19.3. The van der Waals surface area contributed by atoms with Crippen molar-refractivity contribution in [1.29, 1.82) is 0 Å². The predicted molar refractivity (Wildman–Crippen MR) is 122 cm³/mol. The van der Waals surface area contributed by atoms with Crippen LogP contribution >= 0.6 is 50.2 Å². The lowest BCUT2D eigenvalue weighted by molar-refractivity contribution is 0.0952. The van der Waals surface area contributed by atoms with Gasteiger partial charge in [0.25, 0.3) is 5.91 Å². The number of nitrogens with one attached hydrogen (secondary N) is 1. The second-order valence-corrected chi connectivity index (χ2v) is 10.6. The second-order valence-electron chi connectivity index (χ2n) is 6.70. The molecule has 0 aliphatic carbocycles. The highest BCUT2D eigenvalue weighted by atomic mass is 79.9. The quantitative estimate of drug-likeness (QED) is 0.556. The van der Waals surface area contributed by atoms with Gasteiger partial charge in [-0.15, -0.1) is 11.3 Å². The molecule has 5 nitrogen and oxygen atoms in total. The van der Waals surface area contributed by atoms with Crippen molar-refractivity contribution in [2.75, 3.05) is 44.2 Å². The van der Waals surface area contributed by atoms with Gasteiger partial charge >= 0.3 is 0 Å². The predicted octanol–water partition coefficient (Wildman–Crippen LogP) is 4.63. The summed E-state index contributed by atoms with van der Waals surface area (Å²) in [6, 6.07) is 7.74. The fourth-order valence-electron chi connectivity index (χ4n) is 3.24. The van der Waals surface area contributed by atoms with Gasteiger partial charge in [-0.3, -0.25) is 9.69 Å². The molecule has 0 unspecified atom stereocenters. The van der Waals surface area contributed by atoms with E-state index >= 15 is 0 Å². The van der Waals surface area contributed by atoms with Gasteiger partial charge in [-0.1, -0.05) is 22.9 Å². The summed E-state index contributed by atoms with van der Waals surface area (Å²) >= 11 is 12.8. The van der Waals surface area contributed by atoms with Crippen LogP contribution in [0.4, 0.5) is 5.13 Å². The van der Waals surface area contributed by atoms with Crippen LogP contribution in [0.1, 0.15) is 15.2 Å². The van der Waals surface area contributed by atoms with Crippen LogP contribution in [0, 0.1) is 6.92 Å². The molecule has 1 aliphatic heterocycles. The van der Waals surface area contributed by atoms with E-state index in [1.165, 1.54) is 16.0 Å². The Morgan fingerprint density at radius 1 is 1.21 bits per heavy atom. The number of rotatable bonds is 5. The Hall–Kier alpha value is -1.19. The average Bonchev–Trinajstić information content (AvgIpc) is 3.32. The van der Waals surface area contributed by atoms with Crippen molar-refractivity contribution in [1.82, 2.24) is 15.2 Å². The highest BCUT2D eigenvalue weighted by molar-refractivity contribution is 9.11. The third-order valence-corrected chi connectivity index (χ3v) is 8.00. The number of piperazine rings is 1. The molecule has 9 heteroatoms. The van der Waals surface area contributed by atoms with Crippen LogP contribution < -0.4 is 10.2 Å². The molecule has 0 saturated carbocycles. The van der Waals surface area contributed by atoms with Crippen LogP contribution in [0.5, 0.6) is 0 Å². The maximum atomic E-state index is 12.1. The van der Waals surface area contributed by atoms with Gasteiger partial charge in [0.1, 0.15) is 0 Å². The summed E-state index contributed by atoms with van der Waals surface area (Å²) in [4.78, 5) is 22.4. The number of thiazole rings is 1. The zero-order valence-electron chi connectivity index (χ0n) is 15.4. The topological polar surface area (TPSA) is 48.5 Å². The normalized spacial score (nSPS) is 15.3. The first-order valence-corrected chi connectivity index (χ1v) is 11.9. The molecule has 1 amide bonds. The lowest BCUT2D eigenvalue weighted by Crippen LogP contribution is -2.48. The SMILES string of the molecule is Cc1c(Cl)ccc2sc(N3CCN(CCNC(=O)c4ccc(Br)s4)CC3)nc12. The molecule has 148 valence electrons. The molecule has 1 N–H and O–H groups in total. The summed E-state index contributed by atoms with van der Waals surface area (Å²) in [7, 11) is 0. The van der Waals surface area contributed by atoms with Crippen LogP contribution in [0.15, 0.2) is 28.1 Å². The zero-order chi connectivity index (χ0) is 19.7. The van der Waals surface area contributed by atoms with Crippen molar-refractivity contribution in [3.63, 3.8) is 0 Å². The number of aryl methyl sites for hydroxylation is 1. The van der Waals surface area contributed by atoms with Crippen molar-refractivity contribution in [3.05, 3.63) is 43.5 Å². The Bertz CT molecular complexity index is 997. The number of amides is 1. The lowest BCUT2D eigenvalue weighted by atomic mass is 10.2. The number of carbonyl (C=O) groups is 1. The number of fused-ring (bicyclic) bond motifs is 1. The first kappa shape index (κ1) is 20.1. The number of nitrogens with zero attached hydrogens (tertiary/aromatic N) is 3. The summed E-state index contributed by atoms with van der Waals surface area (Å²) in [6.07, 6.45) is 0. The number of hydrogen-bond donors (Lipinski definition) is 1. The van der Waals surface area contributed by atoms with E-state index in [0.29, 0.717) is 6.54 Å². The minimum atomic E-state index is -0.00200. The Balaban J connectivity index is 1.28. The summed E-state index contributed by atoms with van der Waals surface area (Å²) in [5.41, 5.74) is 2.06. The maximum Gasteiger partial charge on any atom is 0.261 e. The minimum Gasteiger partial charge on any atom is -0.350 e. The molecular formula is C19H20BrClN4OS2. The van der Waals surface area contributed by atoms with Crippen molar-refractivity contribution in [2.24, 2.45) is 0 Å². The van der Waals surface area contributed by atoms with Crippen LogP contribution in [-0.4, -0.2) is 55.1 Å². The molecule has 1 fully saturated rings. The number of benzene rings is 1. The van der Waals surface area contributed by atoms with E-state index in [9.17, 15) is 4.79 Å². The van der Waals surface area contributed by atoms with E-state index in [4.69, 9.17) is 16.6 Å². The minimum absolute atomic E-state index is 0.00200. The van der Waals surface area contributed by atoms with E-state index in [0.717, 1.165) is 62.6 Å². The second kappa shape index (κ2) is 8.67. The molecule has 4 rings (SSSR count). The van der Waals surface area contributed by atoms with Crippen molar-refractivity contribution < 1.29 is 4.79 Å². The molecule has 0 spiro atoms. The maximum absolute atomic E-state index is 12.1. The van der Waals surface area contributed by atoms with Gasteiger partial charge in [-0.05, 0) is 52.7 Å². The molecule has 1 aromatic carbocycles. The van der Waals surface area contributed by atoms with E-state index in [-0.39, 0.29) is 5.91 Å². The number of thiophene rings is 1. The molecule has 28 heavy (non-hydrogen) atoms. The van der Waals surface area contributed by atoms with E-state index < -0.39 is 0 Å². The van der Waals surface area contributed by atoms with Crippen molar-refractivity contribution in [2.45, 2.75) is 6.92 Å².